The summed E-state index contributed by atoms with van der Waals surface area (Å²) in [6.45, 7) is -0.217. The van der Waals surface area contributed by atoms with Crippen LogP contribution in [0.15, 0.2) is 12.1 Å². The number of likely N-dealkylation sites (N-methyl/N-ethyl adjacent to an activating group) is 1. The quantitative estimate of drug-likeness (QED) is 0.595. The van der Waals surface area contributed by atoms with Crippen LogP contribution in [-0.2, 0) is 30.5 Å². The van der Waals surface area contributed by atoms with Crippen molar-refractivity contribution < 1.29 is 31.1 Å². The highest BCUT2D eigenvalue weighted by atomic mass is 19.4. The predicted molar refractivity (Wildman–Crippen MR) is 87.9 cm³/mol. The van der Waals surface area contributed by atoms with Crippen LogP contribution in [0.1, 0.15) is 23.6 Å². The molecule has 0 bridgehead atoms. The van der Waals surface area contributed by atoms with Gasteiger partial charge < -0.3 is 14.8 Å². The number of hydrogen-bond acceptors (Lipinski definition) is 4. The van der Waals surface area contributed by atoms with Gasteiger partial charge in [0.05, 0.1) is 6.54 Å². The molecule has 12 heteroatoms. The lowest BCUT2D eigenvalue weighted by Gasteiger charge is -2.29. The van der Waals surface area contributed by atoms with Crippen molar-refractivity contribution in [1.82, 2.24) is 25.0 Å². The Morgan fingerprint density at radius 3 is 2.48 bits per heavy atom. The van der Waals surface area contributed by atoms with E-state index in [1.165, 1.54) is 11.9 Å². The Morgan fingerprint density at radius 2 is 1.83 bits per heavy atom. The van der Waals surface area contributed by atoms with E-state index < -0.39 is 41.4 Å². The van der Waals surface area contributed by atoms with Crippen molar-refractivity contribution in [3.05, 3.63) is 46.8 Å². The number of rotatable bonds is 5. The average Bonchev–Trinajstić information content (AvgIpc) is 3.08. The molecule has 1 atom stereocenters. The largest absolute Gasteiger partial charge is 0.451 e. The summed E-state index contributed by atoms with van der Waals surface area (Å²) in [4.78, 5) is 13.9. The van der Waals surface area contributed by atoms with Crippen molar-refractivity contribution >= 4 is 5.91 Å². The monoisotopic (exact) mass is 421 g/mol. The van der Waals surface area contributed by atoms with Crippen LogP contribution in [0.4, 0.5) is 26.3 Å². The van der Waals surface area contributed by atoms with Crippen LogP contribution in [-0.4, -0.2) is 45.2 Å². The summed E-state index contributed by atoms with van der Waals surface area (Å²) >= 11 is 0. The minimum atomic E-state index is -4.64. The van der Waals surface area contributed by atoms with Crippen molar-refractivity contribution in [2.75, 3.05) is 13.6 Å². The summed E-state index contributed by atoms with van der Waals surface area (Å²) in [5.41, 5.74) is -0.0933. The standard InChI is InChI=1S/C17H17F6N5O/c1-24-10(4-9-5-12(19)13(20)7-11(9)18)6-15(29)27-2-3-28-14(8-27)25-26-16(28)17(21,22)23/h5,7,10,24H,2-4,6,8H2,1H3. The van der Waals surface area contributed by atoms with Gasteiger partial charge in [-0.2, -0.15) is 13.2 Å². The van der Waals surface area contributed by atoms with Gasteiger partial charge in [-0.05, 0) is 25.1 Å². The van der Waals surface area contributed by atoms with E-state index >= 15 is 0 Å². The number of halogens is 6. The molecule has 0 saturated heterocycles. The van der Waals surface area contributed by atoms with E-state index in [2.05, 4.69) is 15.5 Å². The first-order valence-electron chi connectivity index (χ1n) is 8.68. The number of fused-ring (bicyclic) bond motifs is 1. The number of nitrogens with zero attached hydrogens (tertiary/aromatic N) is 4. The second kappa shape index (κ2) is 8.01. The van der Waals surface area contributed by atoms with Crippen molar-refractivity contribution in [2.45, 2.75) is 38.1 Å². The van der Waals surface area contributed by atoms with Gasteiger partial charge in [0.2, 0.25) is 11.7 Å². The van der Waals surface area contributed by atoms with Gasteiger partial charge in [0, 0.05) is 31.6 Å². The Morgan fingerprint density at radius 1 is 1.14 bits per heavy atom. The second-order valence-electron chi connectivity index (χ2n) is 6.66. The summed E-state index contributed by atoms with van der Waals surface area (Å²) in [5.74, 6) is -4.92. The van der Waals surface area contributed by atoms with E-state index in [0.29, 0.717) is 6.07 Å². The molecule has 0 aliphatic carbocycles. The summed E-state index contributed by atoms with van der Waals surface area (Å²) in [6, 6.07) is 0.587. The van der Waals surface area contributed by atoms with Crippen LogP contribution in [0.3, 0.4) is 0 Å². The molecule has 0 spiro atoms. The van der Waals surface area contributed by atoms with Crippen molar-refractivity contribution in [3.63, 3.8) is 0 Å². The third kappa shape index (κ3) is 4.52. The molecule has 158 valence electrons. The highest BCUT2D eigenvalue weighted by Crippen LogP contribution is 2.29. The molecule has 2 aromatic rings. The predicted octanol–water partition coefficient (Wildman–Crippen LogP) is 2.28. The lowest BCUT2D eigenvalue weighted by molar-refractivity contribution is -0.148. The Labute approximate surface area is 161 Å². The number of nitrogens with one attached hydrogen (secondary N) is 1. The van der Waals surface area contributed by atoms with Crippen molar-refractivity contribution in [2.24, 2.45) is 0 Å². The fraction of sp³-hybridized carbons (Fsp3) is 0.471. The summed E-state index contributed by atoms with van der Waals surface area (Å²) in [7, 11) is 1.53. The van der Waals surface area contributed by atoms with Crippen LogP contribution < -0.4 is 5.32 Å². The first-order valence-corrected chi connectivity index (χ1v) is 8.68. The SMILES string of the molecule is CNC(CC(=O)N1CCn2c(nnc2C(F)(F)F)C1)Cc1cc(F)c(F)cc1F. The fourth-order valence-electron chi connectivity index (χ4n) is 3.18. The van der Waals surface area contributed by atoms with Crippen LogP contribution in [0.25, 0.3) is 0 Å². The minimum Gasteiger partial charge on any atom is -0.333 e. The summed E-state index contributed by atoms with van der Waals surface area (Å²) < 4.78 is 79.8. The molecule has 1 aromatic heterocycles. The van der Waals surface area contributed by atoms with Gasteiger partial charge >= 0.3 is 6.18 Å². The third-order valence-electron chi connectivity index (χ3n) is 4.74. The highest BCUT2D eigenvalue weighted by molar-refractivity contribution is 5.77. The van der Waals surface area contributed by atoms with Crippen molar-refractivity contribution in [1.29, 1.82) is 0 Å². The van der Waals surface area contributed by atoms with Gasteiger partial charge in [0.25, 0.3) is 0 Å². The van der Waals surface area contributed by atoms with Crippen LogP contribution in [0, 0.1) is 17.5 Å². The molecule has 1 N–H and O–H groups in total. The molecule has 0 saturated carbocycles. The molecule has 0 fully saturated rings. The molecule has 29 heavy (non-hydrogen) atoms. The molecule has 3 rings (SSSR count). The van der Waals surface area contributed by atoms with E-state index in [-0.39, 0.29) is 43.9 Å². The Bertz CT molecular complexity index is 912. The zero-order valence-electron chi connectivity index (χ0n) is 15.2. The average molecular weight is 421 g/mol. The molecule has 1 aliphatic heterocycles. The molecular formula is C17H17F6N5O. The van der Waals surface area contributed by atoms with Gasteiger partial charge in [-0.15, -0.1) is 10.2 Å². The van der Waals surface area contributed by atoms with Crippen LogP contribution in [0.5, 0.6) is 0 Å². The van der Waals surface area contributed by atoms with E-state index in [1.54, 1.807) is 0 Å². The highest BCUT2D eigenvalue weighted by Gasteiger charge is 2.40. The zero-order chi connectivity index (χ0) is 21.3. The number of alkyl halides is 3. The molecule has 6 nitrogen and oxygen atoms in total. The van der Waals surface area contributed by atoms with Gasteiger partial charge in [0.1, 0.15) is 5.82 Å². The maximum absolute atomic E-state index is 13.8. The lowest BCUT2D eigenvalue weighted by Crippen LogP contribution is -2.42. The smallest absolute Gasteiger partial charge is 0.333 e. The Balaban J connectivity index is 1.66. The number of aromatic nitrogens is 3. The number of carbonyl (C=O) groups excluding carboxylic acids is 1. The molecule has 1 amide bonds. The normalized spacial score (nSPS) is 15.3. The van der Waals surface area contributed by atoms with Crippen LogP contribution in [0.2, 0.25) is 0 Å². The fourth-order valence-corrected chi connectivity index (χ4v) is 3.18. The van der Waals surface area contributed by atoms with E-state index in [0.717, 1.165) is 10.6 Å². The molecular weight excluding hydrogens is 404 g/mol. The number of amides is 1. The summed E-state index contributed by atoms with van der Waals surface area (Å²) in [6.07, 6.45) is -4.83. The molecule has 1 unspecified atom stereocenters. The minimum absolute atomic E-state index is 0.0181. The third-order valence-corrected chi connectivity index (χ3v) is 4.74. The first-order chi connectivity index (χ1) is 13.6. The van der Waals surface area contributed by atoms with Crippen molar-refractivity contribution in [3.8, 4) is 0 Å². The number of benzene rings is 1. The topological polar surface area (TPSA) is 63.1 Å². The zero-order valence-corrected chi connectivity index (χ0v) is 15.2. The Hall–Kier alpha value is -2.63. The van der Waals surface area contributed by atoms with Gasteiger partial charge in [-0.25, -0.2) is 13.2 Å². The maximum Gasteiger partial charge on any atom is 0.451 e. The number of carbonyl (C=O) groups is 1. The first kappa shape index (κ1) is 21.1. The van der Waals surface area contributed by atoms with Gasteiger partial charge in [-0.3, -0.25) is 4.79 Å². The lowest BCUT2D eigenvalue weighted by atomic mass is 10.0. The summed E-state index contributed by atoms with van der Waals surface area (Å²) in [5, 5.41) is 9.47. The van der Waals surface area contributed by atoms with E-state index in [9.17, 15) is 31.1 Å². The maximum atomic E-state index is 13.8. The molecule has 0 radical (unpaired) electrons. The molecule has 2 heterocycles. The van der Waals surface area contributed by atoms with Crippen LogP contribution >= 0.6 is 0 Å². The van der Waals surface area contributed by atoms with E-state index in [4.69, 9.17) is 0 Å². The molecule has 1 aliphatic rings. The number of hydrogen-bond donors (Lipinski definition) is 1. The molecule has 1 aromatic carbocycles. The van der Waals surface area contributed by atoms with Gasteiger partial charge in [0.15, 0.2) is 17.5 Å². The van der Waals surface area contributed by atoms with Gasteiger partial charge in [-0.1, -0.05) is 0 Å². The van der Waals surface area contributed by atoms with E-state index in [1.807, 2.05) is 0 Å². The second-order valence-corrected chi connectivity index (χ2v) is 6.66. The Kier molecular flexibility index (Phi) is 5.82.